The molecule has 5 nitrogen and oxygen atoms in total. The quantitative estimate of drug-likeness (QED) is 0.788. The number of nitrogens with one attached hydrogen (secondary N) is 2. The Labute approximate surface area is 160 Å². The van der Waals surface area contributed by atoms with Crippen molar-refractivity contribution < 1.29 is 9.59 Å². The van der Waals surface area contributed by atoms with Crippen LogP contribution in [0.15, 0.2) is 54.6 Å². The smallest absolute Gasteiger partial charge is 0.253 e. The summed E-state index contributed by atoms with van der Waals surface area (Å²) in [7, 11) is 0. The summed E-state index contributed by atoms with van der Waals surface area (Å²) in [6.45, 7) is 4.01. The summed E-state index contributed by atoms with van der Waals surface area (Å²) in [6, 6.07) is 17.4. The number of likely N-dealkylation sites (tertiary alicyclic amines) is 1. The van der Waals surface area contributed by atoms with Crippen LogP contribution in [0.2, 0.25) is 0 Å². The van der Waals surface area contributed by atoms with Crippen molar-refractivity contribution in [2.45, 2.75) is 32.2 Å². The lowest BCUT2D eigenvalue weighted by atomic mass is 10.0. The molecule has 2 amide bonds. The van der Waals surface area contributed by atoms with E-state index < -0.39 is 0 Å². The zero-order valence-electron chi connectivity index (χ0n) is 15.8. The van der Waals surface area contributed by atoms with Crippen molar-refractivity contribution in [2.24, 2.45) is 0 Å². The van der Waals surface area contributed by atoms with E-state index in [0.717, 1.165) is 32.4 Å². The minimum Gasteiger partial charge on any atom is -0.339 e. The Morgan fingerprint density at radius 1 is 1.00 bits per heavy atom. The third kappa shape index (κ3) is 5.17. The first-order chi connectivity index (χ1) is 13.2. The second-order valence-corrected chi connectivity index (χ2v) is 6.88. The summed E-state index contributed by atoms with van der Waals surface area (Å²) in [4.78, 5) is 26.5. The molecule has 1 atom stereocenters. The third-order valence-electron chi connectivity index (χ3n) is 4.93. The highest BCUT2D eigenvalue weighted by atomic mass is 16.2. The molecule has 0 bridgehead atoms. The maximum absolute atomic E-state index is 12.4. The van der Waals surface area contributed by atoms with Crippen molar-refractivity contribution in [3.63, 3.8) is 0 Å². The average Bonchev–Trinajstić information content (AvgIpc) is 3.24. The molecule has 1 saturated heterocycles. The van der Waals surface area contributed by atoms with Crippen molar-refractivity contribution in [3.8, 4) is 0 Å². The Balaban J connectivity index is 1.51. The molecule has 0 aliphatic carbocycles. The molecule has 2 N–H and O–H groups in total. The van der Waals surface area contributed by atoms with E-state index in [9.17, 15) is 9.59 Å². The molecule has 1 fully saturated rings. The standard InChI is InChI=1S/C22H27N3O2/c1-2-20(17-8-4-3-5-9-17)23-16-21(26)24-19-12-10-18(11-13-19)22(27)25-14-6-7-15-25/h3-5,8-13,20,23H,2,6-7,14-16H2,1H3,(H,24,26). The second-order valence-electron chi connectivity index (χ2n) is 6.88. The highest BCUT2D eigenvalue weighted by molar-refractivity contribution is 5.96. The molecule has 1 unspecified atom stereocenters. The molecule has 5 heteroatoms. The minimum atomic E-state index is -0.0944. The summed E-state index contributed by atoms with van der Waals surface area (Å²) < 4.78 is 0. The van der Waals surface area contributed by atoms with Crippen molar-refractivity contribution in [3.05, 3.63) is 65.7 Å². The minimum absolute atomic E-state index is 0.0701. The zero-order chi connectivity index (χ0) is 19.1. The normalized spacial score (nSPS) is 14.8. The Hall–Kier alpha value is -2.66. The van der Waals surface area contributed by atoms with E-state index in [4.69, 9.17) is 0 Å². The van der Waals surface area contributed by atoms with Crippen LogP contribution in [0, 0.1) is 0 Å². The molecule has 142 valence electrons. The molecular formula is C22H27N3O2. The number of hydrogen-bond acceptors (Lipinski definition) is 3. The molecule has 2 aromatic rings. The number of carbonyl (C=O) groups excluding carboxylic acids is 2. The lowest BCUT2D eigenvalue weighted by molar-refractivity contribution is -0.115. The van der Waals surface area contributed by atoms with E-state index in [1.807, 2.05) is 23.1 Å². The van der Waals surface area contributed by atoms with E-state index >= 15 is 0 Å². The maximum atomic E-state index is 12.4. The number of nitrogens with zero attached hydrogens (tertiary/aromatic N) is 1. The number of anilines is 1. The van der Waals surface area contributed by atoms with Crippen LogP contribution in [-0.4, -0.2) is 36.3 Å². The van der Waals surface area contributed by atoms with Gasteiger partial charge in [0.15, 0.2) is 0 Å². The fraction of sp³-hybridized carbons (Fsp3) is 0.364. The largest absolute Gasteiger partial charge is 0.339 e. The molecule has 0 aromatic heterocycles. The van der Waals surface area contributed by atoms with Gasteiger partial charge in [-0.15, -0.1) is 0 Å². The van der Waals surface area contributed by atoms with Crippen molar-refractivity contribution >= 4 is 17.5 Å². The van der Waals surface area contributed by atoms with E-state index in [-0.39, 0.29) is 24.4 Å². The lowest BCUT2D eigenvalue weighted by Gasteiger charge is -2.17. The number of benzene rings is 2. The Morgan fingerprint density at radius 2 is 1.67 bits per heavy atom. The molecule has 0 spiro atoms. The fourth-order valence-corrected chi connectivity index (χ4v) is 3.40. The Bertz CT molecular complexity index is 753. The van der Waals surface area contributed by atoms with Gasteiger partial charge in [-0.3, -0.25) is 9.59 Å². The van der Waals surface area contributed by atoms with Gasteiger partial charge in [-0.1, -0.05) is 37.3 Å². The molecule has 0 saturated carbocycles. The Kier molecular flexibility index (Phi) is 6.60. The van der Waals surface area contributed by atoms with Crippen molar-refractivity contribution in [1.29, 1.82) is 0 Å². The summed E-state index contributed by atoms with van der Waals surface area (Å²) in [6.07, 6.45) is 3.06. The van der Waals surface area contributed by atoms with Crippen LogP contribution in [0.5, 0.6) is 0 Å². The Morgan fingerprint density at radius 3 is 2.30 bits per heavy atom. The molecule has 27 heavy (non-hydrogen) atoms. The first-order valence-corrected chi connectivity index (χ1v) is 9.65. The predicted molar refractivity (Wildman–Crippen MR) is 108 cm³/mol. The van der Waals surface area contributed by atoms with Gasteiger partial charge in [0.2, 0.25) is 5.91 Å². The highest BCUT2D eigenvalue weighted by Crippen LogP contribution is 2.17. The van der Waals surface area contributed by atoms with Gasteiger partial charge in [-0.25, -0.2) is 0 Å². The first kappa shape index (κ1) is 19.1. The first-order valence-electron chi connectivity index (χ1n) is 9.65. The molecule has 3 rings (SSSR count). The van der Waals surface area contributed by atoms with Gasteiger partial charge < -0.3 is 15.5 Å². The van der Waals surface area contributed by atoms with Crippen LogP contribution in [-0.2, 0) is 4.79 Å². The third-order valence-corrected chi connectivity index (χ3v) is 4.93. The molecule has 2 aromatic carbocycles. The maximum Gasteiger partial charge on any atom is 0.253 e. The SMILES string of the molecule is CCC(NCC(=O)Nc1ccc(C(=O)N2CCCC2)cc1)c1ccccc1. The van der Waals surface area contributed by atoms with Gasteiger partial charge in [0.05, 0.1) is 6.54 Å². The second kappa shape index (κ2) is 9.33. The van der Waals surface area contributed by atoms with Crippen molar-refractivity contribution in [2.75, 3.05) is 25.0 Å². The number of amides is 2. The molecule has 1 aliphatic heterocycles. The van der Waals surface area contributed by atoms with Crippen molar-refractivity contribution in [1.82, 2.24) is 10.2 Å². The topological polar surface area (TPSA) is 61.4 Å². The van der Waals surface area contributed by atoms with Crippen LogP contribution in [0.4, 0.5) is 5.69 Å². The van der Waals surface area contributed by atoms with E-state index in [2.05, 4.69) is 29.7 Å². The van der Waals surface area contributed by atoms with Gasteiger partial charge >= 0.3 is 0 Å². The van der Waals surface area contributed by atoms with Gasteiger partial charge in [-0.05, 0) is 49.1 Å². The average molecular weight is 365 g/mol. The molecule has 1 aliphatic rings. The zero-order valence-corrected chi connectivity index (χ0v) is 15.8. The van der Waals surface area contributed by atoms with Gasteiger partial charge in [0.25, 0.3) is 5.91 Å². The lowest BCUT2D eigenvalue weighted by Crippen LogP contribution is -2.31. The summed E-state index contributed by atoms with van der Waals surface area (Å²) in [5.41, 5.74) is 2.55. The number of rotatable bonds is 7. The number of hydrogen-bond donors (Lipinski definition) is 2. The predicted octanol–water partition coefficient (Wildman–Crippen LogP) is 3.60. The highest BCUT2D eigenvalue weighted by Gasteiger charge is 2.19. The van der Waals surface area contributed by atoms with Gasteiger partial charge in [-0.2, -0.15) is 0 Å². The van der Waals surface area contributed by atoms with Crippen LogP contribution in [0.25, 0.3) is 0 Å². The van der Waals surface area contributed by atoms with Crippen LogP contribution >= 0.6 is 0 Å². The van der Waals surface area contributed by atoms with E-state index in [1.165, 1.54) is 5.56 Å². The monoisotopic (exact) mass is 365 g/mol. The van der Waals surface area contributed by atoms with Crippen LogP contribution in [0.3, 0.4) is 0 Å². The van der Waals surface area contributed by atoms with E-state index in [0.29, 0.717) is 11.3 Å². The van der Waals surface area contributed by atoms with Gasteiger partial charge in [0.1, 0.15) is 0 Å². The van der Waals surface area contributed by atoms with E-state index in [1.54, 1.807) is 24.3 Å². The number of carbonyl (C=O) groups is 2. The molecular weight excluding hydrogens is 338 g/mol. The summed E-state index contributed by atoms with van der Waals surface area (Å²) in [5, 5.41) is 6.18. The fourth-order valence-electron chi connectivity index (χ4n) is 3.40. The molecule has 0 radical (unpaired) electrons. The van der Waals surface area contributed by atoms with Crippen LogP contribution in [0.1, 0.15) is 48.1 Å². The van der Waals surface area contributed by atoms with Crippen LogP contribution < -0.4 is 10.6 Å². The summed E-state index contributed by atoms with van der Waals surface area (Å²) >= 11 is 0. The van der Waals surface area contributed by atoms with Gasteiger partial charge in [0, 0.05) is 30.4 Å². The molecule has 1 heterocycles. The summed E-state index contributed by atoms with van der Waals surface area (Å²) in [5.74, 6) is -0.0244.